The van der Waals surface area contributed by atoms with Gasteiger partial charge in [0, 0.05) is 17.2 Å². The van der Waals surface area contributed by atoms with Gasteiger partial charge in [-0.25, -0.2) is 8.42 Å². The first-order valence-electron chi connectivity index (χ1n) is 8.43. The van der Waals surface area contributed by atoms with Crippen molar-refractivity contribution < 1.29 is 13.2 Å². The molecule has 2 rings (SSSR count). The minimum Gasteiger partial charge on any atom is -0.353 e. The molecule has 0 unspecified atom stereocenters. The molecule has 0 aliphatic rings. The number of nitrogens with one attached hydrogen (secondary N) is 1. The summed E-state index contributed by atoms with van der Waals surface area (Å²) in [5.74, 6) is 0.437. The number of rotatable bonds is 9. The number of hydrogen-bond donors (Lipinski definition) is 1. The Morgan fingerprint density at radius 3 is 2.19 bits per heavy atom. The molecule has 0 saturated heterocycles. The first kappa shape index (κ1) is 20.3. The molecule has 140 valence electrons. The van der Waals surface area contributed by atoms with Gasteiger partial charge in [0.25, 0.3) is 0 Å². The maximum Gasteiger partial charge on any atom is 0.243 e. The van der Waals surface area contributed by atoms with Crippen molar-refractivity contribution in [1.29, 1.82) is 0 Å². The van der Waals surface area contributed by atoms with E-state index >= 15 is 0 Å². The van der Waals surface area contributed by atoms with Gasteiger partial charge in [-0.15, -0.1) is 11.8 Å². The van der Waals surface area contributed by atoms with Crippen molar-refractivity contribution in [1.82, 2.24) is 5.32 Å². The fourth-order valence-corrected chi connectivity index (χ4v) is 4.61. The summed E-state index contributed by atoms with van der Waals surface area (Å²) in [6.07, 6.45) is 1.51. The van der Waals surface area contributed by atoms with Gasteiger partial charge in [0.2, 0.25) is 15.9 Å². The predicted octanol–water partition coefficient (Wildman–Crippen LogP) is 3.14. The predicted molar refractivity (Wildman–Crippen MR) is 108 cm³/mol. The van der Waals surface area contributed by atoms with Crippen LogP contribution >= 0.6 is 11.8 Å². The highest BCUT2D eigenvalue weighted by atomic mass is 32.2. The molecule has 0 bridgehead atoms. The van der Waals surface area contributed by atoms with Crippen LogP contribution in [0.2, 0.25) is 0 Å². The second-order valence-corrected chi connectivity index (χ2v) is 8.80. The molecule has 0 spiro atoms. The lowest BCUT2D eigenvalue weighted by molar-refractivity contribution is -0.122. The summed E-state index contributed by atoms with van der Waals surface area (Å²) < 4.78 is 25.8. The van der Waals surface area contributed by atoms with Crippen LogP contribution < -0.4 is 9.62 Å². The van der Waals surface area contributed by atoms with E-state index in [0.29, 0.717) is 18.7 Å². The zero-order chi connectivity index (χ0) is 19.0. The van der Waals surface area contributed by atoms with Crippen LogP contribution in [-0.4, -0.2) is 38.9 Å². The van der Waals surface area contributed by atoms with Crippen LogP contribution in [0.4, 0.5) is 5.69 Å². The first-order chi connectivity index (χ1) is 12.4. The molecule has 0 saturated carbocycles. The van der Waals surface area contributed by atoms with Crippen molar-refractivity contribution >= 4 is 33.4 Å². The number of carbonyl (C=O) groups is 1. The third-order valence-corrected chi connectivity index (χ3v) is 5.95. The van der Waals surface area contributed by atoms with Crippen LogP contribution in [0, 0.1) is 0 Å². The number of benzene rings is 2. The van der Waals surface area contributed by atoms with Gasteiger partial charge in [-0.05, 0) is 30.7 Å². The fourth-order valence-electron chi connectivity index (χ4n) is 2.61. The largest absolute Gasteiger partial charge is 0.353 e. The monoisotopic (exact) mass is 392 g/mol. The summed E-state index contributed by atoms with van der Waals surface area (Å²) in [4.78, 5) is 13.8. The van der Waals surface area contributed by atoms with Gasteiger partial charge < -0.3 is 5.32 Å². The quantitative estimate of drug-likeness (QED) is 0.526. The molecule has 0 aliphatic heterocycles. The van der Waals surface area contributed by atoms with Crippen LogP contribution in [0.1, 0.15) is 13.3 Å². The van der Waals surface area contributed by atoms with Gasteiger partial charge in [0.1, 0.15) is 6.04 Å². The van der Waals surface area contributed by atoms with Crippen molar-refractivity contribution in [2.24, 2.45) is 0 Å². The molecular formula is C19H24N2O3S2. The van der Waals surface area contributed by atoms with Crippen molar-refractivity contribution in [3.8, 4) is 0 Å². The summed E-state index contributed by atoms with van der Waals surface area (Å²) >= 11 is 1.65. The van der Waals surface area contributed by atoms with Crippen LogP contribution in [0.25, 0.3) is 0 Å². The highest BCUT2D eigenvalue weighted by Gasteiger charge is 2.31. The second kappa shape index (κ2) is 9.64. The third kappa shape index (κ3) is 5.78. The molecule has 1 amide bonds. The van der Waals surface area contributed by atoms with Gasteiger partial charge in [-0.2, -0.15) is 0 Å². The van der Waals surface area contributed by atoms with E-state index < -0.39 is 16.1 Å². The number of amides is 1. The van der Waals surface area contributed by atoms with Gasteiger partial charge in [0.15, 0.2) is 0 Å². The summed E-state index contributed by atoms with van der Waals surface area (Å²) in [6, 6.07) is 17.9. The molecular weight excluding hydrogens is 368 g/mol. The average Bonchev–Trinajstić information content (AvgIpc) is 2.63. The fraction of sp³-hybridized carbons (Fsp3) is 0.316. The topological polar surface area (TPSA) is 66.5 Å². The Balaban J connectivity index is 2.01. The van der Waals surface area contributed by atoms with Crippen molar-refractivity contribution in [2.45, 2.75) is 24.3 Å². The molecule has 2 aromatic carbocycles. The minimum atomic E-state index is -3.58. The van der Waals surface area contributed by atoms with Gasteiger partial charge in [-0.1, -0.05) is 43.3 Å². The van der Waals surface area contributed by atoms with E-state index in [1.165, 1.54) is 4.31 Å². The molecule has 1 atom stereocenters. The molecule has 2 aromatic rings. The van der Waals surface area contributed by atoms with E-state index in [-0.39, 0.29) is 5.91 Å². The molecule has 1 N–H and O–H groups in total. The second-order valence-electron chi connectivity index (χ2n) is 5.77. The number of para-hydroxylation sites is 1. The Labute approximate surface area is 159 Å². The third-order valence-electron chi connectivity index (χ3n) is 3.75. The maximum atomic E-state index is 12.6. The highest BCUT2D eigenvalue weighted by molar-refractivity contribution is 7.99. The van der Waals surface area contributed by atoms with Crippen LogP contribution in [-0.2, 0) is 14.8 Å². The molecule has 0 fully saturated rings. The molecule has 0 aromatic heterocycles. The van der Waals surface area contributed by atoms with Gasteiger partial charge in [-0.3, -0.25) is 9.10 Å². The van der Waals surface area contributed by atoms with E-state index in [1.54, 1.807) is 36.0 Å². The van der Waals surface area contributed by atoms with Crippen LogP contribution in [0.3, 0.4) is 0 Å². The smallest absolute Gasteiger partial charge is 0.243 e. The average molecular weight is 393 g/mol. The zero-order valence-corrected chi connectivity index (χ0v) is 16.6. The zero-order valence-electron chi connectivity index (χ0n) is 15.0. The molecule has 5 nitrogen and oxygen atoms in total. The number of sulfonamides is 1. The molecule has 0 radical (unpaired) electrons. The Morgan fingerprint density at radius 1 is 1.08 bits per heavy atom. The Bertz CT molecular complexity index is 796. The number of anilines is 1. The Morgan fingerprint density at radius 2 is 1.65 bits per heavy atom. The van der Waals surface area contributed by atoms with Gasteiger partial charge in [0.05, 0.1) is 11.9 Å². The SMILES string of the molecule is CC[C@H](C(=O)NCCSc1ccccc1)N(c1ccccc1)S(C)(=O)=O. The molecule has 0 aliphatic carbocycles. The van der Waals surface area contributed by atoms with Crippen LogP contribution in [0.15, 0.2) is 65.6 Å². The molecule has 7 heteroatoms. The number of thioether (sulfide) groups is 1. The van der Waals surface area contributed by atoms with E-state index in [0.717, 1.165) is 16.9 Å². The lowest BCUT2D eigenvalue weighted by atomic mass is 10.2. The van der Waals surface area contributed by atoms with Crippen molar-refractivity contribution in [2.75, 3.05) is 22.9 Å². The van der Waals surface area contributed by atoms with E-state index in [9.17, 15) is 13.2 Å². The summed E-state index contributed by atoms with van der Waals surface area (Å²) in [5, 5.41) is 2.86. The van der Waals surface area contributed by atoms with Gasteiger partial charge >= 0.3 is 0 Å². The van der Waals surface area contributed by atoms with Crippen molar-refractivity contribution in [3.05, 3.63) is 60.7 Å². The number of hydrogen-bond acceptors (Lipinski definition) is 4. The summed E-state index contributed by atoms with van der Waals surface area (Å²) in [7, 11) is -3.58. The minimum absolute atomic E-state index is 0.282. The standard InChI is InChI=1S/C19H24N2O3S2/c1-3-18(21(26(2,23)24)16-10-6-4-7-11-16)19(22)20-14-15-25-17-12-8-5-9-13-17/h4-13,18H,3,14-15H2,1-2H3,(H,20,22)/t18-/m1/s1. The lowest BCUT2D eigenvalue weighted by Gasteiger charge is -2.30. The molecule has 0 heterocycles. The highest BCUT2D eigenvalue weighted by Crippen LogP contribution is 2.22. The van der Waals surface area contributed by atoms with E-state index in [4.69, 9.17) is 0 Å². The normalized spacial score (nSPS) is 12.4. The van der Waals surface area contributed by atoms with Crippen LogP contribution in [0.5, 0.6) is 0 Å². The Hall–Kier alpha value is -1.99. The number of carbonyl (C=O) groups excluding carboxylic acids is 1. The summed E-state index contributed by atoms with van der Waals surface area (Å²) in [5.41, 5.74) is 0.496. The lowest BCUT2D eigenvalue weighted by Crippen LogP contribution is -2.49. The Kier molecular flexibility index (Phi) is 7.53. The number of nitrogens with zero attached hydrogens (tertiary/aromatic N) is 1. The maximum absolute atomic E-state index is 12.6. The van der Waals surface area contributed by atoms with E-state index in [2.05, 4.69) is 5.32 Å². The molecule has 26 heavy (non-hydrogen) atoms. The van der Waals surface area contributed by atoms with E-state index in [1.807, 2.05) is 43.3 Å². The van der Waals surface area contributed by atoms with Crippen molar-refractivity contribution in [3.63, 3.8) is 0 Å². The summed E-state index contributed by atoms with van der Waals surface area (Å²) in [6.45, 7) is 2.28. The first-order valence-corrected chi connectivity index (χ1v) is 11.3.